The predicted octanol–water partition coefficient (Wildman–Crippen LogP) is 2.06. The first-order chi connectivity index (χ1) is 14.7. The molecular formula is C22H29N3O5S. The second-order valence-electron chi connectivity index (χ2n) is 8.34. The molecule has 168 valence electrons. The first-order valence-corrected chi connectivity index (χ1v) is 12.4. The minimum Gasteiger partial charge on any atom is -0.486 e. The molecule has 0 bridgehead atoms. The minimum atomic E-state index is -3.26. The lowest BCUT2D eigenvalue weighted by Crippen LogP contribution is -2.48. The Morgan fingerprint density at radius 1 is 1.16 bits per heavy atom. The summed E-state index contributed by atoms with van der Waals surface area (Å²) in [4.78, 5) is 15.1. The van der Waals surface area contributed by atoms with E-state index in [1.807, 2.05) is 43.0 Å². The van der Waals surface area contributed by atoms with Gasteiger partial charge < -0.3 is 14.0 Å². The van der Waals surface area contributed by atoms with Crippen molar-refractivity contribution in [2.45, 2.75) is 32.7 Å². The van der Waals surface area contributed by atoms with Gasteiger partial charge in [-0.1, -0.05) is 0 Å². The molecular weight excluding hydrogens is 418 g/mol. The Morgan fingerprint density at radius 2 is 1.90 bits per heavy atom. The average Bonchev–Trinajstić information content (AvgIpc) is 3.01. The molecule has 2 aliphatic heterocycles. The van der Waals surface area contributed by atoms with Crippen LogP contribution in [0.25, 0.3) is 5.69 Å². The number of aryl methyl sites for hydroxylation is 1. The van der Waals surface area contributed by atoms with E-state index >= 15 is 0 Å². The second kappa shape index (κ2) is 8.64. The first kappa shape index (κ1) is 21.9. The zero-order valence-corrected chi connectivity index (χ0v) is 19.0. The van der Waals surface area contributed by atoms with Crippen LogP contribution in [0.3, 0.4) is 0 Å². The van der Waals surface area contributed by atoms with Gasteiger partial charge in [-0.05, 0) is 51.4 Å². The average molecular weight is 448 g/mol. The lowest BCUT2D eigenvalue weighted by Gasteiger charge is -2.32. The number of carbonyl (C=O) groups is 1. The number of ether oxygens (including phenoxy) is 2. The van der Waals surface area contributed by atoms with Gasteiger partial charge >= 0.3 is 0 Å². The number of nitrogens with one attached hydrogen (secondary N) is 1. The lowest BCUT2D eigenvalue weighted by atomic mass is 10.1. The number of Topliss-reactive ketones (excluding diaryl/α,β-unsaturated/α-hetero) is 1. The molecule has 1 saturated heterocycles. The summed E-state index contributed by atoms with van der Waals surface area (Å²) in [7, 11) is -3.26. The van der Waals surface area contributed by atoms with Crippen molar-refractivity contribution in [3.05, 3.63) is 41.2 Å². The predicted molar refractivity (Wildman–Crippen MR) is 118 cm³/mol. The molecule has 2 aliphatic rings. The number of hydrogen-bond acceptors (Lipinski definition) is 6. The number of benzene rings is 1. The van der Waals surface area contributed by atoms with E-state index in [0.29, 0.717) is 31.1 Å². The molecule has 3 heterocycles. The van der Waals surface area contributed by atoms with Crippen LogP contribution in [0.15, 0.2) is 24.3 Å². The van der Waals surface area contributed by atoms with Crippen molar-refractivity contribution in [1.29, 1.82) is 0 Å². The van der Waals surface area contributed by atoms with E-state index in [1.54, 1.807) is 0 Å². The van der Waals surface area contributed by atoms with Crippen molar-refractivity contribution in [3.8, 4) is 17.2 Å². The Balaban J connectivity index is 1.51. The third-order valence-corrected chi connectivity index (χ3v) is 6.53. The highest BCUT2D eigenvalue weighted by atomic mass is 32.2. The number of likely N-dealkylation sites (tertiary alicyclic amines) is 1. The van der Waals surface area contributed by atoms with Gasteiger partial charge in [0.2, 0.25) is 10.0 Å². The maximum absolute atomic E-state index is 13.1. The summed E-state index contributed by atoms with van der Waals surface area (Å²) in [5, 5.41) is 0. The summed E-state index contributed by atoms with van der Waals surface area (Å²) >= 11 is 0. The summed E-state index contributed by atoms with van der Waals surface area (Å²) in [5.41, 5.74) is 3.45. The van der Waals surface area contributed by atoms with E-state index in [0.717, 1.165) is 42.2 Å². The van der Waals surface area contributed by atoms with Crippen molar-refractivity contribution in [2.24, 2.45) is 0 Å². The number of rotatable bonds is 6. The van der Waals surface area contributed by atoms with Crippen LogP contribution in [0.4, 0.5) is 0 Å². The summed E-state index contributed by atoms with van der Waals surface area (Å²) < 4.78 is 39.1. The SMILES string of the molecule is Cc1cc(C(=O)CN2CCCC(NS(C)(=O)=O)C2)c(C)n1-c1ccc2c(c1)OCCO2. The summed E-state index contributed by atoms with van der Waals surface area (Å²) in [6, 6.07) is 7.57. The van der Waals surface area contributed by atoms with Crippen molar-refractivity contribution < 1.29 is 22.7 Å². The number of piperidine rings is 1. The third-order valence-electron chi connectivity index (χ3n) is 5.77. The molecule has 2 aromatic rings. The molecule has 4 rings (SSSR count). The van der Waals surface area contributed by atoms with Crippen LogP contribution in [0.2, 0.25) is 0 Å². The molecule has 1 aromatic carbocycles. The van der Waals surface area contributed by atoms with Gasteiger partial charge in [0.25, 0.3) is 0 Å². The summed E-state index contributed by atoms with van der Waals surface area (Å²) in [6.45, 7) is 6.59. The molecule has 8 nitrogen and oxygen atoms in total. The zero-order chi connectivity index (χ0) is 22.2. The molecule has 0 aliphatic carbocycles. The largest absolute Gasteiger partial charge is 0.486 e. The molecule has 1 unspecified atom stereocenters. The Morgan fingerprint density at radius 3 is 2.65 bits per heavy atom. The van der Waals surface area contributed by atoms with Crippen LogP contribution in [-0.4, -0.2) is 68.8 Å². The Labute approximate surface area is 183 Å². The standard InChI is InChI=1S/C22H29N3O5S/c1-15-11-19(20(26)14-24-8-4-5-17(13-24)23-31(3,27)28)16(2)25(15)18-6-7-21-22(12-18)30-10-9-29-21/h6-7,11-12,17,23H,4-5,8-10,13-14H2,1-3H3. The topological polar surface area (TPSA) is 89.9 Å². The van der Waals surface area contributed by atoms with Crippen molar-refractivity contribution >= 4 is 15.8 Å². The summed E-state index contributed by atoms with van der Waals surface area (Å²) in [6.07, 6.45) is 2.82. The number of fused-ring (bicyclic) bond motifs is 1. The molecule has 9 heteroatoms. The highest BCUT2D eigenvalue weighted by Crippen LogP contribution is 2.33. The van der Waals surface area contributed by atoms with Crippen LogP contribution >= 0.6 is 0 Å². The first-order valence-electron chi connectivity index (χ1n) is 10.5. The van der Waals surface area contributed by atoms with Gasteiger partial charge in [0, 0.05) is 41.3 Å². The van der Waals surface area contributed by atoms with Crippen molar-refractivity contribution in [1.82, 2.24) is 14.2 Å². The van der Waals surface area contributed by atoms with Crippen molar-refractivity contribution in [3.63, 3.8) is 0 Å². The summed E-state index contributed by atoms with van der Waals surface area (Å²) in [5.74, 6) is 1.48. The van der Waals surface area contributed by atoms with E-state index in [-0.39, 0.29) is 18.4 Å². The van der Waals surface area contributed by atoms with Gasteiger partial charge in [-0.25, -0.2) is 13.1 Å². The molecule has 1 atom stereocenters. The van der Waals surface area contributed by atoms with Gasteiger partial charge in [-0.15, -0.1) is 0 Å². The molecule has 1 fully saturated rings. The van der Waals surface area contributed by atoms with E-state index in [4.69, 9.17) is 9.47 Å². The van der Waals surface area contributed by atoms with Crippen LogP contribution < -0.4 is 14.2 Å². The van der Waals surface area contributed by atoms with E-state index < -0.39 is 10.0 Å². The fourth-order valence-electron chi connectivity index (χ4n) is 4.50. The van der Waals surface area contributed by atoms with E-state index in [2.05, 4.69) is 9.29 Å². The lowest BCUT2D eigenvalue weighted by molar-refractivity contribution is 0.0904. The Hall–Kier alpha value is -2.36. The van der Waals surface area contributed by atoms with E-state index in [1.165, 1.54) is 6.26 Å². The van der Waals surface area contributed by atoms with Crippen molar-refractivity contribution in [2.75, 3.05) is 39.1 Å². The fraction of sp³-hybridized carbons (Fsp3) is 0.500. The maximum atomic E-state index is 13.1. The second-order valence-corrected chi connectivity index (χ2v) is 10.1. The minimum absolute atomic E-state index is 0.0388. The highest BCUT2D eigenvalue weighted by Gasteiger charge is 2.26. The molecule has 0 saturated carbocycles. The van der Waals surface area contributed by atoms with E-state index in [9.17, 15) is 13.2 Å². The molecule has 1 N–H and O–H groups in total. The number of ketones is 1. The quantitative estimate of drug-likeness (QED) is 0.682. The maximum Gasteiger partial charge on any atom is 0.208 e. The van der Waals surface area contributed by atoms with Crippen LogP contribution in [0.5, 0.6) is 11.5 Å². The monoisotopic (exact) mass is 447 g/mol. The molecule has 0 spiro atoms. The van der Waals surface area contributed by atoms with Crippen LogP contribution in [-0.2, 0) is 10.0 Å². The van der Waals surface area contributed by atoms with Gasteiger partial charge in [-0.2, -0.15) is 0 Å². The number of aromatic nitrogens is 1. The van der Waals surface area contributed by atoms with Gasteiger partial charge in [0.1, 0.15) is 13.2 Å². The molecule has 0 radical (unpaired) electrons. The molecule has 0 amide bonds. The number of sulfonamides is 1. The fourth-order valence-corrected chi connectivity index (χ4v) is 5.30. The number of hydrogen-bond donors (Lipinski definition) is 1. The van der Waals surface area contributed by atoms with Gasteiger partial charge in [-0.3, -0.25) is 9.69 Å². The zero-order valence-electron chi connectivity index (χ0n) is 18.2. The molecule has 1 aromatic heterocycles. The highest BCUT2D eigenvalue weighted by molar-refractivity contribution is 7.88. The third kappa shape index (κ3) is 4.94. The number of carbonyl (C=O) groups excluding carboxylic acids is 1. The number of nitrogens with zero attached hydrogens (tertiary/aromatic N) is 2. The Kier molecular flexibility index (Phi) is 6.09. The smallest absolute Gasteiger partial charge is 0.208 e. The van der Waals surface area contributed by atoms with Gasteiger partial charge in [0.15, 0.2) is 17.3 Å². The van der Waals surface area contributed by atoms with Crippen LogP contribution in [0.1, 0.15) is 34.6 Å². The Bertz CT molecular complexity index is 1090. The van der Waals surface area contributed by atoms with Crippen LogP contribution in [0, 0.1) is 13.8 Å². The normalized spacial score (nSPS) is 19.4. The molecule has 31 heavy (non-hydrogen) atoms. The van der Waals surface area contributed by atoms with Gasteiger partial charge in [0.05, 0.1) is 12.8 Å².